The lowest BCUT2D eigenvalue weighted by Crippen LogP contribution is -2.45. The van der Waals surface area contributed by atoms with E-state index in [2.05, 4.69) is 12.2 Å². The molecule has 2 atom stereocenters. The number of nitrogens with one attached hydrogen (secondary N) is 1. The number of hydrogen-bond donors (Lipinski definition) is 1. The van der Waals surface area contributed by atoms with Gasteiger partial charge in [0.15, 0.2) is 0 Å². The molecule has 5 heteroatoms. The average molecular weight is 366 g/mol. The first-order valence-electron chi connectivity index (χ1n) is 9.36. The Morgan fingerprint density at radius 3 is 2.52 bits per heavy atom. The largest absolute Gasteiger partial charge is 0.497 e. The SMILES string of the molecule is CCCCNC(=O)[C@@H]1c2ccccc2C(=O)N(C)[C@@H]1c1ccc(OC)cc1. The molecule has 0 unspecified atom stereocenters. The molecule has 0 saturated heterocycles. The molecule has 27 heavy (non-hydrogen) atoms. The second-order valence-corrected chi connectivity index (χ2v) is 6.84. The molecule has 1 aliphatic rings. The first-order chi connectivity index (χ1) is 13.1. The molecule has 0 aromatic heterocycles. The van der Waals surface area contributed by atoms with Gasteiger partial charge in [0.05, 0.1) is 19.1 Å². The van der Waals surface area contributed by atoms with E-state index in [0.29, 0.717) is 12.1 Å². The number of unbranched alkanes of at least 4 members (excludes halogenated alkanes) is 1. The van der Waals surface area contributed by atoms with Crippen LogP contribution in [-0.4, -0.2) is 37.4 Å². The number of nitrogens with zero attached hydrogens (tertiary/aromatic N) is 1. The van der Waals surface area contributed by atoms with E-state index < -0.39 is 5.92 Å². The predicted octanol–water partition coefficient (Wildman–Crippen LogP) is 3.52. The molecule has 0 radical (unpaired) electrons. The van der Waals surface area contributed by atoms with Gasteiger partial charge in [-0.15, -0.1) is 0 Å². The Morgan fingerprint density at radius 2 is 1.85 bits per heavy atom. The smallest absolute Gasteiger partial charge is 0.254 e. The number of hydrogen-bond acceptors (Lipinski definition) is 3. The van der Waals surface area contributed by atoms with Crippen LogP contribution in [0.3, 0.4) is 0 Å². The minimum absolute atomic E-state index is 0.0453. The number of methoxy groups -OCH3 is 1. The van der Waals surface area contributed by atoms with Crippen molar-refractivity contribution in [3.8, 4) is 5.75 Å². The molecule has 1 aliphatic heterocycles. The third kappa shape index (κ3) is 3.68. The minimum atomic E-state index is -0.450. The standard InChI is InChI=1S/C22H26N2O3/c1-4-5-14-23-21(25)19-17-8-6-7-9-18(17)22(26)24(2)20(19)15-10-12-16(27-3)13-11-15/h6-13,19-20H,4-5,14H2,1-3H3,(H,23,25)/t19-,20-/m1/s1. The monoisotopic (exact) mass is 366 g/mol. The second-order valence-electron chi connectivity index (χ2n) is 6.84. The Bertz CT molecular complexity index is 817. The predicted molar refractivity (Wildman–Crippen MR) is 105 cm³/mol. The maximum atomic E-state index is 13.1. The van der Waals surface area contributed by atoms with Crippen LogP contribution in [-0.2, 0) is 4.79 Å². The summed E-state index contributed by atoms with van der Waals surface area (Å²) in [5, 5.41) is 3.05. The van der Waals surface area contributed by atoms with Crippen LogP contribution < -0.4 is 10.1 Å². The van der Waals surface area contributed by atoms with Gasteiger partial charge in [0.25, 0.3) is 5.91 Å². The van der Waals surface area contributed by atoms with Crippen LogP contribution >= 0.6 is 0 Å². The van der Waals surface area contributed by atoms with E-state index in [0.717, 1.165) is 29.7 Å². The second kappa shape index (κ2) is 8.25. The number of carbonyl (C=O) groups is 2. The van der Waals surface area contributed by atoms with Gasteiger partial charge in [-0.3, -0.25) is 9.59 Å². The van der Waals surface area contributed by atoms with Crippen molar-refractivity contribution in [1.82, 2.24) is 10.2 Å². The van der Waals surface area contributed by atoms with Gasteiger partial charge in [0, 0.05) is 19.2 Å². The van der Waals surface area contributed by atoms with E-state index in [9.17, 15) is 9.59 Å². The number of likely N-dealkylation sites (N-methyl/N-ethyl adjacent to an activating group) is 1. The number of carbonyl (C=O) groups excluding carboxylic acids is 2. The van der Waals surface area contributed by atoms with Crippen LogP contribution in [0.15, 0.2) is 48.5 Å². The summed E-state index contributed by atoms with van der Waals surface area (Å²) in [5.41, 5.74) is 2.30. The normalized spacial score (nSPS) is 18.8. The molecule has 142 valence electrons. The number of ether oxygens (including phenoxy) is 1. The summed E-state index contributed by atoms with van der Waals surface area (Å²) in [6.45, 7) is 2.73. The summed E-state index contributed by atoms with van der Waals surface area (Å²) in [6, 6.07) is 14.6. The molecule has 0 bridgehead atoms. The van der Waals surface area contributed by atoms with Crippen molar-refractivity contribution in [3.05, 3.63) is 65.2 Å². The summed E-state index contributed by atoms with van der Waals surface area (Å²) in [5.74, 6) is 0.183. The molecule has 1 heterocycles. The Morgan fingerprint density at radius 1 is 1.15 bits per heavy atom. The summed E-state index contributed by atoms with van der Waals surface area (Å²) in [4.78, 5) is 27.7. The lowest BCUT2D eigenvalue weighted by molar-refractivity contribution is -0.124. The van der Waals surface area contributed by atoms with Gasteiger partial charge in [0.2, 0.25) is 5.91 Å². The average Bonchev–Trinajstić information content (AvgIpc) is 2.70. The zero-order valence-electron chi connectivity index (χ0n) is 16.1. The van der Waals surface area contributed by atoms with Crippen molar-refractivity contribution in [3.63, 3.8) is 0 Å². The van der Waals surface area contributed by atoms with E-state index in [1.807, 2.05) is 42.5 Å². The first kappa shape index (κ1) is 19.0. The fraction of sp³-hybridized carbons (Fsp3) is 0.364. The molecule has 0 saturated carbocycles. The number of fused-ring (bicyclic) bond motifs is 1. The molecule has 5 nitrogen and oxygen atoms in total. The highest BCUT2D eigenvalue weighted by Gasteiger charge is 2.42. The van der Waals surface area contributed by atoms with Gasteiger partial charge in [-0.05, 0) is 35.7 Å². The lowest BCUT2D eigenvalue weighted by Gasteiger charge is -2.39. The molecule has 1 N–H and O–H groups in total. The van der Waals surface area contributed by atoms with Crippen molar-refractivity contribution >= 4 is 11.8 Å². The molecule has 2 aromatic carbocycles. The zero-order valence-corrected chi connectivity index (χ0v) is 16.1. The van der Waals surface area contributed by atoms with Gasteiger partial charge >= 0.3 is 0 Å². The highest BCUT2D eigenvalue weighted by Crippen LogP contribution is 2.42. The van der Waals surface area contributed by atoms with Gasteiger partial charge in [-0.2, -0.15) is 0 Å². The molecule has 3 rings (SSSR count). The topological polar surface area (TPSA) is 58.6 Å². The van der Waals surface area contributed by atoms with Crippen molar-refractivity contribution in [1.29, 1.82) is 0 Å². The van der Waals surface area contributed by atoms with E-state index in [1.165, 1.54) is 0 Å². The number of rotatable bonds is 6. The number of benzene rings is 2. The van der Waals surface area contributed by atoms with Gasteiger partial charge < -0.3 is 15.0 Å². The van der Waals surface area contributed by atoms with Crippen LogP contribution in [0.5, 0.6) is 5.75 Å². The summed E-state index contributed by atoms with van der Waals surface area (Å²) >= 11 is 0. The van der Waals surface area contributed by atoms with E-state index >= 15 is 0 Å². The Hall–Kier alpha value is -2.82. The highest BCUT2D eigenvalue weighted by atomic mass is 16.5. The van der Waals surface area contributed by atoms with Crippen molar-refractivity contribution < 1.29 is 14.3 Å². The quantitative estimate of drug-likeness (QED) is 0.796. The Labute approximate surface area is 160 Å². The molecule has 0 fully saturated rings. The van der Waals surface area contributed by atoms with E-state index in [-0.39, 0.29) is 17.9 Å². The van der Waals surface area contributed by atoms with E-state index in [1.54, 1.807) is 25.1 Å². The molecular weight excluding hydrogens is 340 g/mol. The summed E-state index contributed by atoms with van der Waals surface area (Å²) < 4.78 is 5.24. The molecular formula is C22H26N2O3. The van der Waals surface area contributed by atoms with Crippen LogP contribution in [0.1, 0.15) is 53.2 Å². The van der Waals surface area contributed by atoms with E-state index in [4.69, 9.17) is 4.74 Å². The molecule has 0 spiro atoms. The molecule has 2 amide bonds. The fourth-order valence-electron chi connectivity index (χ4n) is 3.67. The van der Waals surface area contributed by atoms with Gasteiger partial charge in [-0.1, -0.05) is 43.7 Å². The summed E-state index contributed by atoms with van der Waals surface area (Å²) in [6.07, 6.45) is 1.95. The van der Waals surface area contributed by atoms with Crippen molar-refractivity contribution in [2.24, 2.45) is 0 Å². The third-order valence-electron chi connectivity index (χ3n) is 5.15. The lowest BCUT2D eigenvalue weighted by atomic mass is 9.79. The maximum Gasteiger partial charge on any atom is 0.254 e. The first-order valence-corrected chi connectivity index (χ1v) is 9.36. The Kier molecular flexibility index (Phi) is 5.79. The van der Waals surface area contributed by atoms with Crippen LogP contribution in [0.2, 0.25) is 0 Å². The summed E-state index contributed by atoms with van der Waals surface area (Å²) in [7, 11) is 3.38. The van der Waals surface area contributed by atoms with Crippen LogP contribution in [0.4, 0.5) is 0 Å². The van der Waals surface area contributed by atoms with Crippen LogP contribution in [0.25, 0.3) is 0 Å². The Balaban J connectivity index is 2.04. The van der Waals surface area contributed by atoms with Crippen molar-refractivity contribution in [2.45, 2.75) is 31.7 Å². The zero-order chi connectivity index (χ0) is 19.4. The molecule has 0 aliphatic carbocycles. The molecule has 2 aromatic rings. The maximum absolute atomic E-state index is 13.1. The highest BCUT2D eigenvalue weighted by molar-refractivity contribution is 6.01. The minimum Gasteiger partial charge on any atom is -0.497 e. The number of amides is 2. The fourth-order valence-corrected chi connectivity index (χ4v) is 3.67. The van der Waals surface area contributed by atoms with Crippen LogP contribution in [0, 0.1) is 0 Å². The van der Waals surface area contributed by atoms with Gasteiger partial charge in [-0.25, -0.2) is 0 Å². The third-order valence-corrected chi connectivity index (χ3v) is 5.15. The van der Waals surface area contributed by atoms with Crippen molar-refractivity contribution in [2.75, 3.05) is 20.7 Å². The van der Waals surface area contributed by atoms with Gasteiger partial charge in [0.1, 0.15) is 5.75 Å².